The Morgan fingerprint density at radius 3 is 3.18 bits per heavy atom. The molecule has 6 nitrogen and oxygen atoms in total. The molecule has 1 aromatic carbocycles. The van der Waals surface area contributed by atoms with Crippen molar-refractivity contribution in [2.75, 3.05) is 13.2 Å². The number of carbonyl (C=O) groups excluding carboxylic acids is 1. The summed E-state index contributed by atoms with van der Waals surface area (Å²) < 4.78 is 7.51. The zero-order valence-electron chi connectivity index (χ0n) is 12.4. The topological polar surface area (TPSA) is 69.0 Å². The molecule has 1 aliphatic heterocycles. The van der Waals surface area contributed by atoms with Gasteiger partial charge in [0.1, 0.15) is 18.8 Å². The third-order valence-corrected chi connectivity index (χ3v) is 3.83. The van der Waals surface area contributed by atoms with Crippen LogP contribution >= 0.6 is 0 Å². The molecule has 0 aliphatic carbocycles. The smallest absolute Gasteiger partial charge is 0.220 e. The van der Waals surface area contributed by atoms with E-state index in [4.69, 9.17) is 4.74 Å². The zero-order chi connectivity index (χ0) is 15.2. The molecule has 1 aromatic heterocycles. The first-order chi connectivity index (χ1) is 10.8. The van der Waals surface area contributed by atoms with E-state index in [0.29, 0.717) is 26.1 Å². The largest absolute Gasteiger partial charge is 0.371 e. The molecule has 0 spiro atoms. The second-order valence-corrected chi connectivity index (χ2v) is 5.37. The fraction of sp³-hybridized carbons (Fsp3) is 0.438. The second kappa shape index (κ2) is 7.17. The van der Waals surface area contributed by atoms with Crippen LogP contribution in [0.2, 0.25) is 0 Å². The average molecular weight is 300 g/mol. The van der Waals surface area contributed by atoms with Gasteiger partial charge in [0.25, 0.3) is 0 Å². The Hall–Kier alpha value is -2.21. The van der Waals surface area contributed by atoms with Crippen LogP contribution in [-0.4, -0.2) is 33.8 Å². The maximum Gasteiger partial charge on any atom is 0.220 e. The van der Waals surface area contributed by atoms with Crippen LogP contribution in [0.25, 0.3) is 0 Å². The molecular weight excluding hydrogens is 280 g/mol. The van der Waals surface area contributed by atoms with E-state index in [0.717, 1.165) is 12.8 Å². The van der Waals surface area contributed by atoms with Crippen LogP contribution < -0.4 is 5.32 Å². The van der Waals surface area contributed by atoms with E-state index in [2.05, 4.69) is 27.5 Å². The first-order valence-corrected chi connectivity index (χ1v) is 7.61. The van der Waals surface area contributed by atoms with Gasteiger partial charge in [-0.2, -0.15) is 5.10 Å². The lowest BCUT2D eigenvalue weighted by atomic mass is 9.97. The average Bonchev–Trinajstić information content (AvgIpc) is 3.06. The van der Waals surface area contributed by atoms with Gasteiger partial charge in [0.2, 0.25) is 5.91 Å². The Morgan fingerprint density at radius 2 is 2.32 bits per heavy atom. The molecule has 1 aliphatic rings. The SMILES string of the molecule is O=C(CCCn1cncn1)NC[C@H]1OCCc2ccccc21. The molecule has 0 saturated heterocycles. The number of carbonyl (C=O) groups is 1. The summed E-state index contributed by atoms with van der Waals surface area (Å²) in [5, 5.41) is 6.98. The number of hydrogen-bond acceptors (Lipinski definition) is 4. The lowest BCUT2D eigenvalue weighted by Gasteiger charge is -2.26. The van der Waals surface area contributed by atoms with Gasteiger partial charge in [-0.25, -0.2) is 4.98 Å². The van der Waals surface area contributed by atoms with E-state index in [1.54, 1.807) is 11.0 Å². The molecule has 6 heteroatoms. The number of ether oxygens (including phenoxy) is 1. The van der Waals surface area contributed by atoms with Crippen molar-refractivity contribution in [3.05, 3.63) is 48.0 Å². The normalized spacial score (nSPS) is 17.0. The third-order valence-electron chi connectivity index (χ3n) is 3.83. The van der Waals surface area contributed by atoms with Gasteiger partial charge in [-0.1, -0.05) is 24.3 Å². The van der Waals surface area contributed by atoms with Crippen molar-refractivity contribution in [3.8, 4) is 0 Å². The summed E-state index contributed by atoms with van der Waals surface area (Å²) in [6, 6.07) is 8.27. The molecule has 0 radical (unpaired) electrons. The Morgan fingerprint density at radius 1 is 1.41 bits per heavy atom. The molecular formula is C16H20N4O2. The zero-order valence-corrected chi connectivity index (χ0v) is 12.4. The maximum absolute atomic E-state index is 11.9. The number of aromatic nitrogens is 3. The lowest BCUT2D eigenvalue weighted by Crippen LogP contribution is -2.31. The highest BCUT2D eigenvalue weighted by Crippen LogP contribution is 2.26. The number of amides is 1. The molecule has 116 valence electrons. The van der Waals surface area contributed by atoms with Gasteiger partial charge in [0.15, 0.2) is 0 Å². The molecule has 1 amide bonds. The quantitative estimate of drug-likeness (QED) is 0.877. The summed E-state index contributed by atoms with van der Waals surface area (Å²) in [6.07, 6.45) is 5.29. The summed E-state index contributed by atoms with van der Waals surface area (Å²) in [5.74, 6) is 0.0479. The standard InChI is InChI=1S/C16H20N4O2/c21-16(6-3-8-20-12-17-11-19-20)18-10-15-14-5-2-1-4-13(14)7-9-22-15/h1-2,4-5,11-12,15H,3,6-10H2,(H,18,21)/t15-/m1/s1. The highest BCUT2D eigenvalue weighted by atomic mass is 16.5. The van der Waals surface area contributed by atoms with Crippen molar-refractivity contribution in [1.29, 1.82) is 0 Å². The van der Waals surface area contributed by atoms with E-state index < -0.39 is 0 Å². The minimum absolute atomic E-state index is 0.0378. The lowest BCUT2D eigenvalue weighted by molar-refractivity contribution is -0.122. The number of benzene rings is 1. The third kappa shape index (κ3) is 3.71. The summed E-state index contributed by atoms with van der Waals surface area (Å²) >= 11 is 0. The fourth-order valence-electron chi connectivity index (χ4n) is 2.69. The van der Waals surface area contributed by atoms with E-state index in [1.807, 2.05) is 12.1 Å². The van der Waals surface area contributed by atoms with E-state index in [-0.39, 0.29) is 12.0 Å². The van der Waals surface area contributed by atoms with Crippen LogP contribution in [0, 0.1) is 0 Å². The minimum atomic E-state index is -0.0378. The van der Waals surface area contributed by atoms with E-state index in [9.17, 15) is 4.79 Å². The highest BCUT2D eigenvalue weighted by molar-refractivity contribution is 5.75. The summed E-state index contributed by atoms with van der Waals surface area (Å²) in [6.45, 7) is 1.94. The molecule has 0 fully saturated rings. The van der Waals surface area contributed by atoms with Crippen molar-refractivity contribution < 1.29 is 9.53 Å². The van der Waals surface area contributed by atoms with Gasteiger partial charge in [0.05, 0.1) is 6.61 Å². The highest BCUT2D eigenvalue weighted by Gasteiger charge is 2.20. The van der Waals surface area contributed by atoms with E-state index >= 15 is 0 Å². The fourth-order valence-corrected chi connectivity index (χ4v) is 2.69. The molecule has 0 saturated carbocycles. The summed E-state index contributed by atoms with van der Waals surface area (Å²) in [4.78, 5) is 15.8. The molecule has 22 heavy (non-hydrogen) atoms. The van der Waals surface area contributed by atoms with Crippen LogP contribution in [0.5, 0.6) is 0 Å². The van der Waals surface area contributed by atoms with Crippen LogP contribution in [0.15, 0.2) is 36.9 Å². The van der Waals surface area contributed by atoms with Crippen molar-refractivity contribution in [3.63, 3.8) is 0 Å². The van der Waals surface area contributed by atoms with Crippen LogP contribution in [0.3, 0.4) is 0 Å². The van der Waals surface area contributed by atoms with Gasteiger partial charge in [0, 0.05) is 19.5 Å². The van der Waals surface area contributed by atoms with Gasteiger partial charge >= 0.3 is 0 Å². The Labute approximate surface area is 129 Å². The maximum atomic E-state index is 11.9. The number of nitrogens with one attached hydrogen (secondary N) is 1. The van der Waals surface area contributed by atoms with Crippen LogP contribution in [0.1, 0.15) is 30.1 Å². The van der Waals surface area contributed by atoms with Crippen molar-refractivity contribution in [2.24, 2.45) is 0 Å². The monoisotopic (exact) mass is 300 g/mol. The molecule has 1 atom stereocenters. The van der Waals surface area contributed by atoms with Crippen LogP contribution in [0.4, 0.5) is 0 Å². The number of rotatable bonds is 6. The number of fused-ring (bicyclic) bond motifs is 1. The molecule has 0 unspecified atom stereocenters. The predicted octanol–water partition coefficient (Wildman–Crippen LogP) is 1.49. The van der Waals surface area contributed by atoms with Gasteiger partial charge in [-0.15, -0.1) is 0 Å². The van der Waals surface area contributed by atoms with Gasteiger partial charge in [-0.05, 0) is 24.0 Å². The first-order valence-electron chi connectivity index (χ1n) is 7.61. The molecule has 2 aromatic rings. The minimum Gasteiger partial charge on any atom is -0.371 e. The van der Waals surface area contributed by atoms with Crippen LogP contribution in [-0.2, 0) is 22.5 Å². The van der Waals surface area contributed by atoms with Crippen molar-refractivity contribution >= 4 is 5.91 Å². The van der Waals surface area contributed by atoms with Gasteiger partial charge in [-0.3, -0.25) is 9.48 Å². The molecule has 2 heterocycles. The van der Waals surface area contributed by atoms with Crippen molar-refractivity contribution in [1.82, 2.24) is 20.1 Å². The number of aryl methyl sites for hydroxylation is 1. The van der Waals surface area contributed by atoms with Gasteiger partial charge < -0.3 is 10.1 Å². The Kier molecular flexibility index (Phi) is 4.80. The molecule has 3 rings (SSSR count). The molecule has 1 N–H and O–H groups in total. The van der Waals surface area contributed by atoms with Crippen molar-refractivity contribution in [2.45, 2.75) is 31.9 Å². The summed E-state index contributed by atoms with van der Waals surface area (Å²) in [7, 11) is 0. The number of nitrogens with zero attached hydrogens (tertiary/aromatic N) is 3. The second-order valence-electron chi connectivity index (χ2n) is 5.37. The predicted molar refractivity (Wildman–Crippen MR) is 81.1 cm³/mol. The number of hydrogen-bond donors (Lipinski definition) is 1. The summed E-state index contributed by atoms with van der Waals surface area (Å²) in [5.41, 5.74) is 2.51. The van der Waals surface area contributed by atoms with E-state index in [1.165, 1.54) is 17.5 Å². The molecule has 0 bridgehead atoms. The Bertz CT molecular complexity index is 612. The first kappa shape index (κ1) is 14.7. The Balaban J connectivity index is 1.43.